The van der Waals surface area contributed by atoms with Gasteiger partial charge in [0.2, 0.25) is 5.13 Å². The van der Waals surface area contributed by atoms with Crippen molar-refractivity contribution in [2.75, 3.05) is 11.9 Å². The Morgan fingerprint density at radius 2 is 2.23 bits per heavy atom. The maximum Gasteiger partial charge on any atom is 0.293 e. The number of hydrogen-bond acceptors (Lipinski definition) is 6. The number of rotatable bonds is 3. The van der Waals surface area contributed by atoms with Crippen molar-refractivity contribution in [3.8, 4) is 0 Å². The lowest BCUT2D eigenvalue weighted by Crippen LogP contribution is -2.10. The number of carbonyl (C=O) groups is 1. The molecule has 1 N–H and O–H groups in total. The lowest BCUT2D eigenvalue weighted by atomic mass is 10.2. The van der Waals surface area contributed by atoms with Crippen LogP contribution in [0.4, 0.5) is 5.13 Å². The van der Waals surface area contributed by atoms with Gasteiger partial charge in [0, 0.05) is 12.0 Å². The molecule has 1 atom stereocenters. The molecule has 3 aromatic rings. The highest BCUT2D eigenvalue weighted by atomic mass is 32.1. The summed E-state index contributed by atoms with van der Waals surface area (Å²) >= 11 is 1.34. The first kappa shape index (κ1) is 13.4. The summed E-state index contributed by atoms with van der Waals surface area (Å²) in [5, 5.41) is 13.0. The SMILES string of the molecule is O=C(Nc1nnc([C@@H]2CCCO2)s1)c1cc2ccccc2o1. The number of nitrogens with one attached hydrogen (secondary N) is 1. The van der Waals surface area contributed by atoms with Gasteiger partial charge in [0.25, 0.3) is 5.91 Å². The van der Waals surface area contributed by atoms with Crippen LogP contribution in [0.3, 0.4) is 0 Å². The molecular weight excluding hydrogens is 302 g/mol. The van der Waals surface area contributed by atoms with Gasteiger partial charge in [-0.05, 0) is 25.0 Å². The van der Waals surface area contributed by atoms with Crippen molar-refractivity contribution in [3.63, 3.8) is 0 Å². The Morgan fingerprint density at radius 1 is 1.32 bits per heavy atom. The third kappa shape index (κ3) is 2.49. The third-order valence-corrected chi connectivity index (χ3v) is 4.45. The van der Waals surface area contributed by atoms with Crippen LogP contribution in [0.1, 0.15) is 34.5 Å². The van der Waals surface area contributed by atoms with Crippen LogP contribution in [0.15, 0.2) is 34.7 Å². The third-order valence-electron chi connectivity index (χ3n) is 3.52. The molecule has 6 nitrogen and oxygen atoms in total. The van der Waals surface area contributed by atoms with E-state index in [1.165, 1.54) is 11.3 Å². The van der Waals surface area contributed by atoms with Gasteiger partial charge in [0.05, 0.1) is 0 Å². The second-order valence-electron chi connectivity index (χ2n) is 5.05. The summed E-state index contributed by atoms with van der Waals surface area (Å²) in [5.74, 6) is -0.0682. The number of nitrogens with zero attached hydrogens (tertiary/aromatic N) is 2. The minimum absolute atomic E-state index is 0.00866. The zero-order chi connectivity index (χ0) is 14.9. The van der Waals surface area contributed by atoms with E-state index in [0.29, 0.717) is 10.7 Å². The number of furan rings is 1. The van der Waals surface area contributed by atoms with Crippen LogP contribution in [0.5, 0.6) is 0 Å². The van der Waals surface area contributed by atoms with Crippen LogP contribution in [-0.4, -0.2) is 22.7 Å². The zero-order valence-corrected chi connectivity index (χ0v) is 12.4. The van der Waals surface area contributed by atoms with Crippen molar-refractivity contribution < 1.29 is 13.9 Å². The first-order valence-corrected chi connectivity index (χ1v) is 7.86. The van der Waals surface area contributed by atoms with Gasteiger partial charge < -0.3 is 9.15 Å². The van der Waals surface area contributed by atoms with E-state index < -0.39 is 0 Å². The summed E-state index contributed by atoms with van der Waals surface area (Å²) in [6.07, 6.45) is 1.99. The van der Waals surface area contributed by atoms with Gasteiger partial charge >= 0.3 is 0 Å². The van der Waals surface area contributed by atoms with E-state index in [1.807, 2.05) is 24.3 Å². The molecular formula is C15H13N3O3S. The van der Waals surface area contributed by atoms with Crippen molar-refractivity contribution in [2.45, 2.75) is 18.9 Å². The molecule has 0 aliphatic carbocycles. The summed E-state index contributed by atoms with van der Waals surface area (Å²) in [5.41, 5.74) is 0.685. The second-order valence-corrected chi connectivity index (χ2v) is 6.06. The first-order chi connectivity index (χ1) is 10.8. The van der Waals surface area contributed by atoms with E-state index in [0.717, 1.165) is 29.8 Å². The monoisotopic (exact) mass is 315 g/mol. The molecule has 22 heavy (non-hydrogen) atoms. The van der Waals surface area contributed by atoms with Gasteiger partial charge in [-0.2, -0.15) is 0 Å². The zero-order valence-electron chi connectivity index (χ0n) is 11.6. The number of aromatic nitrogens is 2. The molecule has 112 valence electrons. The Balaban J connectivity index is 1.51. The van der Waals surface area contributed by atoms with Crippen LogP contribution in [0.2, 0.25) is 0 Å². The van der Waals surface area contributed by atoms with E-state index in [1.54, 1.807) is 6.07 Å². The van der Waals surface area contributed by atoms with E-state index in [4.69, 9.17) is 9.15 Å². The van der Waals surface area contributed by atoms with Crippen molar-refractivity contribution in [1.82, 2.24) is 10.2 Å². The van der Waals surface area contributed by atoms with Crippen molar-refractivity contribution >= 4 is 33.3 Å². The number of carbonyl (C=O) groups excluding carboxylic acids is 1. The molecule has 2 aromatic heterocycles. The predicted molar refractivity (Wildman–Crippen MR) is 82.0 cm³/mol. The molecule has 1 fully saturated rings. The second kappa shape index (κ2) is 5.51. The molecule has 1 aromatic carbocycles. The number of hydrogen-bond donors (Lipinski definition) is 1. The summed E-state index contributed by atoms with van der Waals surface area (Å²) in [6.45, 7) is 0.755. The highest BCUT2D eigenvalue weighted by molar-refractivity contribution is 7.15. The maximum atomic E-state index is 12.2. The van der Waals surface area contributed by atoms with Crippen LogP contribution in [0.25, 0.3) is 11.0 Å². The standard InChI is InChI=1S/C15H13N3O3S/c19-13(12-8-9-4-1-2-5-10(9)21-12)16-15-18-17-14(22-15)11-6-3-7-20-11/h1-2,4-5,8,11H,3,6-7H2,(H,16,18,19)/t11-/m0/s1. The summed E-state index contributed by atoms with van der Waals surface area (Å²) < 4.78 is 11.1. The molecule has 0 bridgehead atoms. The molecule has 1 aliphatic heterocycles. The number of ether oxygens (including phenoxy) is 1. The van der Waals surface area contributed by atoms with Crippen molar-refractivity contribution in [1.29, 1.82) is 0 Å². The molecule has 0 saturated carbocycles. The van der Waals surface area contributed by atoms with Crippen LogP contribution in [0, 0.1) is 0 Å². The molecule has 4 rings (SSSR count). The number of amides is 1. The Labute approximate surface area is 130 Å². The smallest absolute Gasteiger partial charge is 0.293 e. The van der Waals surface area contributed by atoms with Gasteiger partial charge in [-0.3, -0.25) is 10.1 Å². The molecule has 3 heterocycles. The number of fused-ring (bicyclic) bond motifs is 1. The van der Waals surface area contributed by atoms with E-state index in [2.05, 4.69) is 15.5 Å². The fraction of sp³-hybridized carbons (Fsp3) is 0.267. The Bertz CT molecular complexity index is 787. The molecule has 7 heteroatoms. The average Bonchev–Trinajstić information content (AvgIpc) is 3.26. The van der Waals surface area contributed by atoms with E-state index in [9.17, 15) is 4.79 Å². The van der Waals surface area contributed by atoms with Crippen molar-refractivity contribution in [2.24, 2.45) is 0 Å². The van der Waals surface area contributed by atoms with Gasteiger partial charge in [-0.15, -0.1) is 10.2 Å². The van der Waals surface area contributed by atoms with E-state index >= 15 is 0 Å². The normalized spacial score (nSPS) is 17.9. The molecule has 0 radical (unpaired) electrons. The highest BCUT2D eigenvalue weighted by Crippen LogP contribution is 2.32. The summed E-state index contributed by atoms with van der Waals surface area (Å²) in [7, 11) is 0. The first-order valence-electron chi connectivity index (χ1n) is 7.04. The minimum atomic E-state index is -0.328. The van der Waals surface area contributed by atoms with Crippen LogP contribution >= 0.6 is 11.3 Å². The van der Waals surface area contributed by atoms with Crippen LogP contribution < -0.4 is 5.32 Å². The maximum absolute atomic E-state index is 12.2. The van der Waals surface area contributed by atoms with Gasteiger partial charge in [0.1, 0.15) is 16.7 Å². The summed E-state index contributed by atoms with van der Waals surface area (Å²) in [6, 6.07) is 9.21. The summed E-state index contributed by atoms with van der Waals surface area (Å²) in [4.78, 5) is 12.2. The lowest BCUT2D eigenvalue weighted by molar-refractivity contribution is 0.0998. The van der Waals surface area contributed by atoms with Gasteiger partial charge in [0.15, 0.2) is 5.76 Å². The molecule has 1 saturated heterocycles. The Morgan fingerprint density at radius 3 is 3.05 bits per heavy atom. The Hall–Kier alpha value is -2.25. The topological polar surface area (TPSA) is 77.2 Å². The molecule has 1 amide bonds. The van der Waals surface area contributed by atoms with Gasteiger partial charge in [-0.1, -0.05) is 29.5 Å². The highest BCUT2D eigenvalue weighted by Gasteiger charge is 2.23. The lowest BCUT2D eigenvalue weighted by Gasteiger charge is -2.02. The Kier molecular flexibility index (Phi) is 3.36. The predicted octanol–water partition coefficient (Wildman–Crippen LogP) is 3.39. The quantitative estimate of drug-likeness (QED) is 0.801. The molecule has 1 aliphatic rings. The number of benzene rings is 1. The fourth-order valence-corrected chi connectivity index (χ4v) is 3.26. The largest absolute Gasteiger partial charge is 0.451 e. The number of anilines is 1. The van der Waals surface area contributed by atoms with Crippen LogP contribution in [-0.2, 0) is 4.74 Å². The van der Waals surface area contributed by atoms with E-state index in [-0.39, 0.29) is 17.8 Å². The van der Waals surface area contributed by atoms with Gasteiger partial charge in [-0.25, -0.2) is 0 Å². The average molecular weight is 315 g/mol. The van der Waals surface area contributed by atoms with Crippen molar-refractivity contribution in [3.05, 3.63) is 41.1 Å². The molecule has 0 unspecified atom stereocenters. The number of para-hydroxylation sites is 1. The fourth-order valence-electron chi connectivity index (χ4n) is 2.44. The molecule has 0 spiro atoms. The minimum Gasteiger partial charge on any atom is -0.451 e.